The van der Waals surface area contributed by atoms with Crippen LogP contribution in [0.15, 0.2) is 53.9 Å². The zero-order chi connectivity index (χ0) is 25.8. The van der Waals surface area contributed by atoms with E-state index in [9.17, 15) is 14.0 Å². The average Bonchev–Trinajstić information content (AvgIpc) is 3.43. The molecule has 2 saturated heterocycles. The minimum absolute atomic E-state index is 0.00834. The van der Waals surface area contributed by atoms with E-state index in [0.29, 0.717) is 36.1 Å². The molecular formula is C28H30ClFN4O2S. The first-order chi connectivity index (χ1) is 18.0. The van der Waals surface area contributed by atoms with Gasteiger partial charge in [-0.2, -0.15) is 0 Å². The number of aromatic nitrogens is 1. The number of piperazine rings is 1. The van der Waals surface area contributed by atoms with E-state index in [1.807, 2.05) is 34.5 Å². The highest BCUT2D eigenvalue weighted by Gasteiger charge is 2.29. The molecule has 2 aromatic carbocycles. The predicted molar refractivity (Wildman–Crippen MR) is 145 cm³/mol. The van der Waals surface area contributed by atoms with E-state index < -0.39 is 0 Å². The van der Waals surface area contributed by atoms with Crippen LogP contribution in [-0.2, 0) is 11.2 Å². The monoisotopic (exact) mass is 540 g/mol. The summed E-state index contributed by atoms with van der Waals surface area (Å²) in [6.45, 7) is 4.41. The van der Waals surface area contributed by atoms with E-state index in [2.05, 4.69) is 9.80 Å². The van der Waals surface area contributed by atoms with Gasteiger partial charge >= 0.3 is 0 Å². The van der Waals surface area contributed by atoms with Crippen molar-refractivity contribution in [2.75, 3.05) is 44.2 Å². The van der Waals surface area contributed by atoms with Crippen LogP contribution in [0.3, 0.4) is 0 Å². The largest absolute Gasteiger partial charge is 0.368 e. The van der Waals surface area contributed by atoms with Crippen LogP contribution in [0.25, 0.3) is 0 Å². The smallest absolute Gasteiger partial charge is 0.273 e. The first-order valence-corrected chi connectivity index (χ1v) is 13.9. The number of carbonyl (C=O) groups is 2. The predicted octanol–water partition coefficient (Wildman–Crippen LogP) is 4.89. The van der Waals surface area contributed by atoms with E-state index >= 15 is 0 Å². The first-order valence-electron chi connectivity index (χ1n) is 12.7. The lowest BCUT2D eigenvalue weighted by Crippen LogP contribution is -2.48. The number of rotatable bonds is 7. The highest BCUT2D eigenvalue weighted by Crippen LogP contribution is 2.32. The molecule has 37 heavy (non-hydrogen) atoms. The van der Waals surface area contributed by atoms with Crippen LogP contribution in [0.5, 0.6) is 0 Å². The fourth-order valence-corrected chi connectivity index (χ4v) is 6.33. The summed E-state index contributed by atoms with van der Waals surface area (Å²) in [5.74, 6) is 0.0138. The van der Waals surface area contributed by atoms with Crippen LogP contribution in [0.4, 0.5) is 10.1 Å². The number of anilines is 1. The van der Waals surface area contributed by atoms with Crippen molar-refractivity contribution in [2.45, 2.75) is 31.2 Å². The highest BCUT2D eigenvalue weighted by atomic mass is 35.5. The molecule has 2 aliphatic rings. The van der Waals surface area contributed by atoms with E-state index in [1.165, 1.54) is 12.1 Å². The van der Waals surface area contributed by atoms with Crippen LogP contribution < -0.4 is 4.90 Å². The Balaban J connectivity index is 1.13. The summed E-state index contributed by atoms with van der Waals surface area (Å²) in [6.07, 6.45) is 3.37. The molecule has 6 nitrogen and oxygen atoms in total. The molecule has 194 valence electrons. The van der Waals surface area contributed by atoms with Crippen molar-refractivity contribution in [3.63, 3.8) is 0 Å². The summed E-state index contributed by atoms with van der Waals surface area (Å²) in [5.41, 5.74) is 2.56. The molecule has 0 aliphatic carbocycles. The molecule has 5 rings (SSSR count). The maximum Gasteiger partial charge on any atom is 0.273 e. The number of amides is 1. The van der Waals surface area contributed by atoms with Crippen LogP contribution in [0.1, 0.15) is 39.8 Å². The molecule has 1 atom stereocenters. The number of halogens is 2. The van der Waals surface area contributed by atoms with Crippen molar-refractivity contribution in [3.8, 4) is 0 Å². The summed E-state index contributed by atoms with van der Waals surface area (Å²) >= 11 is 7.69. The van der Waals surface area contributed by atoms with Gasteiger partial charge in [-0.1, -0.05) is 29.8 Å². The van der Waals surface area contributed by atoms with Gasteiger partial charge in [0.25, 0.3) is 5.91 Å². The maximum absolute atomic E-state index is 13.2. The molecule has 1 unspecified atom stereocenters. The lowest BCUT2D eigenvalue weighted by molar-refractivity contribution is -0.112. The molecule has 9 heteroatoms. The number of aldehydes is 1. The molecule has 0 radical (unpaired) electrons. The number of hydrogen-bond donors (Lipinski definition) is 0. The lowest BCUT2D eigenvalue weighted by atomic mass is 9.95. The Kier molecular flexibility index (Phi) is 8.17. The standard InChI is InChI=1S/C28H30ClFN4O2S/c29-22-2-1-3-24(17-22)33-12-14-34(15-13-33)28(36)26-19-37-27(31-26)21-8-10-32(11-9-21)25(18-35)16-20-4-6-23(30)7-5-20/h1-7,17-19,21,25H,8-16H2. The Morgan fingerprint density at radius 2 is 1.81 bits per heavy atom. The van der Waals surface area contributed by atoms with E-state index in [4.69, 9.17) is 16.6 Å². The quantitative estimate of drug-likeness (QED) is 0.399. The molecule has 0 bridgehead atoms. The minimum atomic E-state index is -0.270. The second-order valence-electron chi connectivity index (χ2n) is 9.67. The Hall–Kier alpha value is -2.81. The van der Waals surface area contributed by atoms with Gasteiger partial charge in [0, 0.05) is 48.2 Å². The molecule has 2 fully saturated rings. The number of piperidine rings is 1. The summed E-state index contributed by atoms with van der Waals surface area (Å²) in [6, 6.07) is 13.9. The van der Waals surface area contributed by atoms with Gasteiger partial charge in [0.05, 0.1) is 11.0 Å². The van der Waals surface area contributed by atoms with Crippen molar-refractivity contribution in [2.24, 2.45) is 0 Å². The number of thiazole rings is 1. The molecule has 1 aromatic heterocycles. The molecule has 0 saturated carbocycles. The molecule has 3 heterocycles. The fraction of sp³-hybridized carbons (Fsp3) is 0.393. The van der Waals surface area contributed by atoms with E-state index in [-0.39, 0.29) is 17.8 Å². The highest BCUT2D eigenvalue weighted by molar-refractivity contribution is 7.09. The van der Waals surface area contributed by atoms with Crippen LogP contribution in [-0.4, -0.2) is 72.3 Å². The van der Waals surface area contributed by atoms with Gasteiger partial charge in [-0.25, -0.2) is 9.37 Å². The Bertz CT molecular complexity index is 1220. The molecule has 0 N–H and O–H groups in total. The van der Waals surface area contributed by atoms with Crippen molar-refractivity contribution in [3.05, 3.63) is 81.0 Å². The van der Waals surface area contributed by atoms with Crippen LogP contribution in [0.2, 0.25) is 5.02 Å². The fourth-order valence-electron chi connectivity index (χ4n) is 5.18. The van der Waals surface area contributed by atoms with E-state index in [0.717, 1.165) is 61.6 Å². The average molecular weight is 541 g/mol. The zero-order valence-electron chi connectivity index (χ0n) is 20.6. The number of carbonyl (C=O) groups excluding carboxylic acids is 2. The molecule has 0 spiro atoms. The van der Waals surface area contributed by atoms with Gasteiger partial charge in [0.15, 0.2) is 0 Å². The van der Waals surface area contributed by atoms with Crippen LogP contribution >= 0.6 is 22.9 Å². The third-order valence-corrected chi connectivity index (χ3v) is 8.59. The van der Waals surface area contributed by atoms with Gasteiger partial charge in [-0.15, -0.1) is 11.3 Å². The normalized spacial score (nSPS) is 18.1. The number of nitrogens with zero attached hydrogens (tertiary/aromatic N) is 4. The number of benzene rings is 2. The topological polar surface area (TPSA) is 56.8 Å². The molecule has 2 aliphatic heterocycles. The van der Waals surface area contributed by atoms with Crippen molar-refractivity contribution >= 4 is 40.8 Å². The molecule has 1 amide bonds. The van der Waals surface area contributed by atoms with Crippen LogP contribution in [0, 0.1) is 5.82 Å². The van der Waals surface area contributed by atoms with Gasteiger partial charge < -0.3 is 14.6 Å². The third kappa shape index (κ3) is 6.20. The van der Waals surface area contributed by atoms with Crippen molar-refractivity contribution in [1.29, 1.82) is 0 Å². The first kappa shape index (κ1) is 25.8. The van der Waals surface area contributed by atoms with Crippen molar-refractivity contribution < 1.29 is 14.0 Å². The zero-order valence-corrected chi connectivity index (χ0v) is 22.1. The summed E-state index contributed by atoms with van der Waals surface area (Å²) < 4.78 is 13.2. The second-order valence-corrected chi connectivity index (χ2v) is 11.0. The summed E-state index contributed by atoms with van der Waals surface area (Å²) in [5, 5.41) is 3.60. The summed E-state index contributed by atoms with van der Waals surface area (Å²) in [4.78, 5) is 36.0. The minimum Gasteiger partial charge on any atom is -0.368 e. The Labute approximate surface area is 225 Å². The van der Waals surface area contributed by atoms with Crippen molar-refractivity contribution in [1.82, 2.24) is 14.8 Å². The Morgan fingerprint density at radius 3 is 2.49 bits per heavy atom. The Morgan fingerprint density at radius 1 is 1.08 bits per heavy atom. The third-order valence-electron chi connectivity index (χ3n) is 7.34. The number of likely N-dealkylation sites (tertiary alicyclic amines) is 1. The van der Waals surface area contributed by atoms with Gasteiger partial charge in [-0.05, 0) is 68.2 Å². The lowest BCUT2D eigenvalue weighted by Gasteiger charge is -2.36. The molecule has 3 aromatic rings. The maximum atomic E-state index is 13.2. The van der Waals surface area contributed by atoms with Gasteiger partial charge in [0.2, 0.25) is 0 Å². The molecular weight excluding hydrogens is 511 g/mol. The number of hydrogen-bond acceptors (Lipinski definition) is 6. The van der Waals surface area contributed by atoms with E-state index in [1.54, 1.807) is 23.5 Å². The second kappa shape index (κ2) is 11.7. The van der Waals surface area contributed by atoms with Gasteiger partial charge in [0.1, 0.15) is 17.8 Å². The SMILES string of the molecule is O=CC(Cc1ccc(F)cc1)N1CCC(c2nc(C(=O)N3CCN(c4cccc(Cl)c4)CC3)cs2)CC1. The summed E-state index contributed by atoms with van der Waals surface area (Å²) in [7, 11) is 0. The van der Waals surface area contributed by atoms with Gasteiger partial charge in [-0.3, -0.25) is 9.69 Å².